The van der Waals surface area contributed by atoms with Gasteiger partial charge in [0.1, 0.15) is 0 Å². The van der Waals surface area contributed by atoms with Crippen molar-refractivity contribution in [2.75, 3.05) is 6.61 Å². The zero-order valence-electron chi connectivity index (χ0n) is 3.81. The second-order valence-electron chi connectivity index (χ2n) is 0.552. The molecule has 0 aromatic carbocycles. The summed E-state index contributed by atoms with van der Waals surface area (Å²) in [7, 11) is -0.964. The molecular weight excluding hydrogens is 127 g/mol. The Morgan fingerprint density at radius 3 is 2.33 bits per heavy atom. The van der Waals surface area contributed by atoms with Crippen molar-refractivity contribution in [3.63, 3.8) is 0 Å². The standard InChI is InChI=1S/C2H7O2P.Ca/c1-2-4-5-3;/h2,5H2,1H3;. The molecule has 0 amide bonds. The molecule has 1 atom stereocenters. The quantitative estimate of drug-likeness (QED) is 0.401. The van der Waals surface area contributed by atoms with Gasteiger partial charge in [0.25, 0.3) is 0 Å². The number of rotatable bonds is 2. The normalized spacial score (nSPS) is 8.83. The van der Waals surface area contributed by atoms with Gasteiger partial charge in [-0.3, -0.25) is 4.57 Å². The molecule has 0 bridgehead atoms. The minimum Gasteiger partial charge on any atom is -0.333 e. The zero-order chi connectivity index (χ0) is 4.12. The van der Waals surface area contributed by atoms with Crippen LogP contribution in [0.15, 0.2) is 0 Å². The van der Waals surface area contributed by atoms with Gasteiger partial charge in [0.2, 0.25) is 0 Å². The van der Waals surface area contributed by atoms with E-state index in [2.05, 4.69) is 4.52 Å². The van der Waals surface area contributed by atoms with Crippen molar-refractivity contribution in [3.05, 3.63) is 0 Å². The average Bonchev–Trinajstić information content (AvgIpc) is 1.41. The first-order valence-corrected chi connectivity index (χ1v) is 2.41. The molecule has 0 aliphatic heterocycles. The van der Waals surface area contributed by atoms with Crippen LogP contribution in [0.3, 0.4) is 0 Å². The summed E-state index contributed by atoms with van der Waals surface area (Å²) in [6.07, 6.45) is 0. The molecule has 0 aromatic rings. The smallest absolute Gasteiger partial charge is 0.179 e. The van der Waals surface area contributed by atoms with E-state index in [0.717, 1.165) is 0 Å². The fourth-order valence-corrected chi connectivity index (χ4v) is 0.204. The molecule has 34 valence electrons. The van der Waals surface area contributed by atoms with Crippen molar-refractivity contribution < 1.29 is 9.09 Å². The third-order valence-electron chi connectivity index (χ3n) is 0.235. The molecule has 2 nitrogen and oxygen atoms in total. The van der Waals surface area contributed by atoms with E-state index in [1.54, 1.807) is 0 Å². The summed E-state index contributed by atoms with van der Waals surface area (Å²) < 4.78 is 13.8. The predicted octanol–water partition coefficient (Wildman–Crippen LogP) is 0.313. The Kier molecular flexibility index (Phi) is 16.8. The van der Waals surface area contributed by atoms with Crippen LogP contribution in [0.1, 0.15) is 6.92 Å². The predicted molar refractivity (Wildman–Crippen MR) is 27.8 cm³/mol. The summed E-state index contributed by atoms with van der Waals surface area (Å²) in [5.74, 6) is 0. The van der Waals surface area contributed by atoms with Crippen LogP contribution in [0.2, 0.25) is 0 Å². The summed E-state index contributed by atoms with van der Waals surface area (Å²) in [6.45, 7) is 2.38. The van der Waals surface area contributed by atoms with Gasteiger partial charge in [0.15, 0.2) is 8.69 Å². The van der Waals surface area contributed by atoms with E-state index in [1.807, 2.05) is 6.92 Å². The molecular formula is C2H7CaO2P. The topological polar surface area (TPSA) is 26.3 Å². The van der Waals surface area contributed by atoms with Crippen LogP contribution in [0, 0.1) is 0 Å². The molecule has 0 heterocycles. The van der Waals surface area contributed by atoms with Gasteiger partial charge in [-0.15, -0.1) is 0 Å². The first-order chi connectivity index (χ1) is 2.41. The number of hydrogen-bond acceptors (Lipinski definition) is 2. The fourth-order valence-electron chi connectivity index (χ4n) is 0.0680. The van der Waals surface area contributed by atoms with Gasteiger partial charge >= 0.3 is 0 Å². The Hall–Kier alpha value is 1.45. The zero-order valence-corrected chi connectivity index (χ0v) is 7.17. The number of hydrogen-bond donors (Lipinski definition) is 0. The summed E-state index contributed by atoms with van der Waals surface area (Å²) in [4.78, 5) is 0. The molecule has 1 unspecified atom stereocenters. The van der Waals surface area contributed by atoms with Crippen LogP contribution < -0.4 is 0 Å². The van der Waals surface area contributed by atoms with Crippen LogP contribution in [0.25, 0.3) is 0 Å². The minimum atomic E-state index is -0.964. The Morgan fingerprint density at radius 2 is 2.33 bits per heavy atom. The van der Waals surface area contributed by atoms with Crippen LogP contribution in [-0.2, 0) is 9.09 Å². The fraction of sp³-hybridized carbons (Fsp3) is 1.00. The summed E-state index contributed by atoms with van der Waals surface area (Å²) in [5.41, 5.74) is 0. The van der Waals surface area contributed by atoms with E-state index in [9.17, 15) is 4.57 Å². The van der Waals surface area contributed by atoms with Crippen molar-refractivity contribution in [2.45, 2.75) is 6.92 Å². The Balaban J connectivity index is 0. The molecule has 6 heavy (non-hydrogen) atoms. The van der Waals surface area contributed by atoms with E-state index >= 15 is 0 Å². The molecule has 0 fully saturated rings. The van der Waals surface area contributed by atoms with Gasteiger partial charge < -0.3 is 4.52 Å². The molecule has 0 N–H and O–H groups in total. The molecule has 2 radical (unpaired) electrons. The molecule has 0 saturated heterocycles. The minimum absolute atomic E-state index is 0. The third kappa shape index (κ3) is 9.07. The Labute approximate surface area is 68.5 Å². The first kappa shape index (κ1) is 10.4. The Morgan fingerprint density at radius 1 is 1.83 bits per heavy atom. The summed E-state index contributed by atoms with van der Waals surface area (Å²) in [5, 5.41) is 0. The van der Waals surface area contributed by atoms with Gasteiger partial charge in [0.05, 0.1) is 6.61 Å². The van der Waals surface area contributed by atoms with E-state index in [1.165, 1.54) is 0 Å². The van der Waals surface area contributed by atoms with E-state index in [0.29, 0.717) is 6.61 Å². The SMILES string of the molecule is CCO[PH2]=O.[Ca]. The van der Waals surface area contributed by atoms with Gasteiger partial charge in [-0.05, 0) is 6.92 Å². The largest absolute Gasteiger partial charge is 0.333 e. The summed E-state index contributed by atoms with van der Waals surface area (Å²) >= 11 is 0. The molecule has 0 aliphatic carbocycles. The third-order valence-corrected chi connectivity index (χ3v) is 0.704. The monoisotopic (exact) mass is 134 g/mol. The van der Waals surface area contributed by atoms with E-state index < -0.39 is 8.69 Å². The first-order valence-electron chi connectivity index (χ1n) is 1.47. The van der Waals surface area contributed by atoms with Gasteiger partial charge in [-0.1, -0.05) is 0 Å². The van der Waals surface area contributed by atoms with E-state index in [4.69, 9.17) is 0 Å². The summed E-state index contributed by atoms with van der Waals surface area (Å²) in [6, 6.07) is 0. The molecule has 0 saturated carbocycles. The molecule has 4 heteroatoms. The maximum absolute atomic E-state index is 9.39. The maximum atomic E-state index is 9.39. The molecule has 0 aromatic heterocycles. The van der Waals surface area contributed by atoms with Crippen LogP contribution in [-0.4, -0.2) is 44.3 Å². The van der Waals surface area contributed by atoms with Crippen molar-refractivity contribution >= 4 is 46.4 Å². The van der Waals surface area contributed by atoms with Gasteiger partial charge in [-0.25, -0.2) is 0 Å². The van der Waals surface area contributed by atoms with Gasteiger partial charge in [-0.2, -0.15) is 0 Å². The molecule has 0 spiro atoms. The van der Waals surface area contributed by atoms with Crippen molar-refractivity contribution in [1.82, 2.24) is 0 Å². The van der Waals surface area contributed by atoms with Crippen LogP contribution in [0.5, 0.6) is 0 Å². The molecule has 0 aliphatic rings. The average molecular weight is 134 g/mol. The van der Waals surface area contributed by atoms with Crippen molar-refractivity contribution in [3.8, 4) is 0 Å². The van der Waals surface area contributed by atoms with Crippen LogP contribution in [0.4, 0.5) is 0 Å². The second-order valence-corrected chi connectivity index (χ2v) is 1.08. The van der Waals surface area contributed by atoms with E-state index in [-0.39, 0.29) is 37.7 Å². The second kappa shape index (κ2) is 9.67. The van der Waals surface area contributed by atoms with Crippen molar-refractivity contribution in [2.24, 2.45) is 0 Å². The maximum Gasteiger partial charge on any atom is 0.179 e. The van der Waals surface area contributed by atoms with Crippen LogP contribution >= 0.6 is 8.69 Å². The van der Waals surface area contributed by atoms with Gasteiger partial charge in [0, 0.05) is 37.7 Å². The van der Waals surface area contributed by atoms with Crippen molar-refractivity contribution in [1.29, 1.82) is 0 Å². The molecule has 0 rings (SSSR count). The Bertz CT molecular complexity index is 32.7.